The molecule has 1 aromatic carbocycles. The number of hydrogen-bond donors (Lipinski definition) is 0. The van der Waals surface area contributed by atoms with Gasteiger partial charge < -0.3 is 9.30 Å². The normalized spacial score (nSPS) is 14.4. The average molecular weight is 315 g/mol. The van der Waals surface area contributed by atoms with Crippen molar-refractivity contribution in [1.29, 1.82) is 0 Å². The molecule has 2 rings (SSSR count). The smallest absolute Gasteiger partial charge is 0.124 e. The number of aromatic nitrogens is 2. The number of ether oxygens (including phenoxy) is 1. The van der Waals surface area contributed by atoms with Gasteiger partial charge in [0.2, 0.25) is 0 Å². The number of nitrogens with zero attached hydrogens (tertiary/aromatic N) is 2. The van der Waals surface area contributed by atoms with Crippen LogP contribution in [0.15, 0.2) is 18.2 Å². The van der Waals surface area contributed by atoms with Gasteiger partial charge in [-0.1, -0.05) is 6.92 Å². The van der Waals surface area contributed by atoms with Crippen molar-refractivity contribution in [2.45, 2.75) is 31.0 Å². The third-order valence-electron chi connectivity index (χ3n) is 3.48. The van der Waals surface area contributed by atoms with Crippen molar-refractivity contribution >= 4 is 33.4 Å². The van der Waals surface area contributed by atoms with Crippen LogP contribution in [0.3, 0.4) is 0 Å². The fourth-order valence-corrected chi connectivity index (χ4v) is 2.75. The van der Waals surface area contributed by atoms with Crippen molar-refractivity contribution in [2.75, 3.05) is 13.4 Å². The lowest BCUT2D eigenvalue weighted by molar-refractivity contribution is 0.415. The van der Waals surface area contributed by atoms with Gasteiger partial charge in [0.15, 0.2) is 0 Å². The standard InChI is InChI=1S/C14H19ClN2O2S/c1-10(20(3)18)6-7-17-13-8-11(19-2)4-5-12(13)16-14(17)9-15/h4-5,8,10H,6-7,9H2,1-3H3. The molecule has 0 saturated carbocycles. The fraction of sp³-hybridized carbons (Fsp3) is 0.500. The average Bonchev–Trinajstić information content (AvgIpc) is 2.81. The van der Waals surface area contributed by atoms with Gasteiger partial charge in [0.1, 0.15) is 11.6 Å². The Kier molecular flexibility index (Phi) is 5.05. The summed E-state index contributed by atoms with van der Waals surface area (Å²) in [5.41, 5.74) is 1.92. The number of hydrogen-bond acceptors (Lipinski definition) is 3. The van der Waals surface area contributed by atoms with Crippen LogP contribution < -0.4 is 4.74 Å². The maximum atomic E-state index is 11.5. The van der Waals surface area contributed by atoms with Gasteiger partial charge in [-0.15, -0.1) is 11.6 Å². The zero-order valence-electron chi connectivity index (χ0n) is 11.9. The van der Waals surface area contributed by atoms with Crippen LogP contribution in [0, 0.1) is 0 Å². The molecule has 2 aromatic rings. The number of fused-ring (bicyclic) bond motifs is 1. The Labute approximate surface area is 126 Å². The lowest BCUT2D eigenvalue weighted by Crippen LogP contribution is -2.14. The third kappa shape index (κ3) is 3.15. The molecule has 0 aliphatic rings. The number of benzene rings is 1. The molecule has 110 valence electrons. The molecule has 0 amide bonds. The zero-order chi connectivity index (χ0) is 14.7. The number of alkyl halides is 1. The molecule has 4 nitrogen and oxygen atoms in total. The van der Waals surface area contributed by atoms with Gasteiger partial charge in [-0.05, 0) is 18.6 Å². The van der Waals surface area contributed by atoms with Gasteiger partial charge in [0.25, 0.3) is 0 Å². The summed E-state index contributed by atoms with van der Waals surface area (Å²) in [7, 11) is 0.834. The summed E-state index contributed by atoms with van der Waals surface area (Å²) in [5.74, 6) is 2.00. The molecule has 0 saturated heterocycles. The van der Waals surface area contributed by atoms with Crippen LogP contribution in [0.25, 0.3) is 11.0 Å². The number of imidazole rings is 1. The molecule has 2 unspecified atom stereocenters. The largest absolute Gasteiger partial charge is 0.497 e. The van der Waals surface area contributed by atoms with Crippen molar-refractivity contribution in [3.8, 4) is 5.75 Å². The molecule has 0 radical (unpaired) electrons. The second-order valence-electron chi connectivity index (χ2n) is 4.77. The van der Waals surface area contributed by atoms with Gasteiger partial charge in [-0.25, -0.2) is 4.98 Å². The predicted molar refractivity (Wildman–Crippen MR) is 84.0 cm³/mol. The third-order valence-corrected chi connectivity index (χ3v) is 5.09. The lowest BCUT2D eigenvalue weighted by atomic mass is 10.2. The highest BCUT2D eigenvalue weighted by atomic mass is 35.5. The first-order chi connectivity index (χ1) is 9.56. The Balaban J connectivity index is 2.35. The summed E-state index contributed by atoms with van der Waals surface area (Å²) in [6.45, 7) is 2.75. The van der Waals surface area contributed by atoms with Gasteiger partial charge in [-0.2, -0.15) is 0 Å². The minimum atomic E-state index is -0.812. The SMILES string of the molecule is COc1ccc2nc(CCl)n(CCC(C)S(C)=O)c2c1. The monoisotopic (exact) mass is 314 g/mol. The number of aryl methyl sites for hydroxylation is 1. The van der Waals surface area contributed by atoms with Crippen molar-refractivity contribution in [3.05, 3.63) is 24.0 Å². The Morgan fingerprint density at radius 2 is 2.25 bits per heavy atom. The molecule has 6 heteroatoms. The first-order valence-corrected chi connectivity index (χ1v) is 8.63. The summed E-state index contributed by atoms with van der Waals surface area (Å²) in [4.78, 5) is 4.53. The van der Waals surface area contributed by atoms with E-state index in [9.17, 15) is 4.21 Å². The first kappa shape index (κ1) is 15.3. The van der Waals surface area contributed by atoms with Crippen molar-refractivity contribution < 1.29 is 8.95 Å². The lowest BCUT2D eigenvalue weighted by Gasteiger charge is -2.11. The number of rotatable bonds is 6. The Bertz CT molecular complexity index is 627. The molecule has 1 heterocycles. The predicted octanol–water partition coefficient (Wildman–Crippen LogP) is 2.94. The van der Waals surface area contributed by atoms with Crippen LogP contribution in [-0.4, -0.2) is 32.4 Å². The van der Waals surface area contributed by atoms with Crippen molar-refractivity contribution in [3.63, 3.8) is 0 Å². The highest BCUT2D eigenvalue weighted by Crippen LogP contribution is 2.23. The maximum Gasteiger partial charge on any atom is 0.124 e. The van der Waals surface area contributed by atoms with Crippen LogP contribution >= 0.6 is 11.6 Å². The quantitative estimate of drug-likeness (QED) is 0.770. The van der Waals surface area contributed by atoms with Crippen molar-refractivity contribution in [2.24, 2.45) is 0 Å². The molecule has 0 spiro atoms. The molecule has 0 aliphatic carbocycles. The molecule has 20 heavy (non-hydrogen) atoms. The molecular formula is C14H19ClN2O2S. The second-order valence-corrected chi connectivity index (χ2v) is 6.84. The topological polar surface area (TPSA) is 44.1 Å². The van der Waals surface area contributed by atoms with E-state index in [4.69, 9.17) is 16.3 Å². The summed E-state index contributed by atoms with van der Waals surface area (Å²) >= 11 is 5.98. The van der Waals surface area contributed by atoms with Gasteiger partial charge in [0.05, 0.1) is 24.0 Å². The minimum Gasteiger partial charge on any atom is -0.497 e. The highest BCUT2D eigenvalue weighted by Gasteiger charge is 2.13. The molecule has 0 aliphatic heterocycles. The van der Waals surface area contributed by atoms with Crippen LogP contribution in [-0.2, 0) is 23.2 Å². The molecule has 1 aromatic heterocycles. The first-order valence-electron chi connectivity index (χ1n) is 6.48. The van der Waals surface area contributed by atoms with Crippen LogP contribution in [0.1, 0.15) is 19.2 Å². The Hall–Kier alpha value is -1.07. The van der Waals surface area contributed by atoms with E-state index in [1.54, 1.807) is 13.4 Å². The summed E-state index contributed by atoms with van der Waals surface area (Å²) in [5, 5.41) is 0.154. The van der Waals surface area contributed by atoms with Crippen molar-refractivity contribution in [1.82, 2.24) is 9.55 Å². The van der Waals surface area contributed by atoms with E-state index >= 15 is 0 Å². The Morgan fingerprint density at radius 1 is 1.50 bits per heavy atom. The van der Waals surface area contributed by atoms with Gasteiger partial charge in [-0.3, -0.25) is 4.21 Å². The summed E-state index contributed by atoms with van der Waals surface area (Å²) in [6.07, 6.45) is 2.57. The van der Waals surface area contributed by atoms with E-state index in [2.05, 4.69) is 9.55 Å². The molecule has 0 bridgehead atoms. The molecular weight excluding hydrogens is 296 g/mol. The van der Waals surface area contributed by atoms with Gasteiger partial charge >= 0.3 is 0 Å². The van der Waals surface area contributed by atoms with Crippen LogP contribution in [0.4, 0.5) is 0 Å². The van der Waals surface area contributed by atoms with E-state index in [0.717, 1.165) is 35.6 Å². The molecule has 0 fully saturated rings. The van der Waals surface area contributed by atoms with E-state index in [1.807, 2.05) is 25.1 Å². The van der Waals surface area contributed by atoms with Gasteiger partial charge in [0, 0.05) is 34.9 Å². The molecule has 2 atom stereocenters. The number of halogens is 1. The Morgan fingerprint density at radius 3 is 2.85 bits per heavy atom. The van der Waals surface area contributed by atoms with E-state index in [0.29, 0.717) is 5.88 Å². The number of methoxy groups -OCH3 is 1. The van der Waals surface area contributed by atoms with E-state index in [-0.39, 0.29) is 5.25 Å². The second kappa shape index (κ2) is 6.59. The van der Waals surface area contributed by atoms with Crippen LogP contribution in [0.2, 0.25) is 0 Å². The van der Waals surface area contributed by atoms with E-state index < -0.39 is 10.8 Å². The maximum absolute atomic E-state index is 11.5. The zero-order valence-corrected chi connectivity index (χ0v) is 13.5. The fourth-order valence-electron chi connectivity index (χ4n) is 2.11. The molecule has 0 N–H and O–H groups in total. The highest BCUT2D eigenvalue weighted by molar-refractivity contribution is 7.84. The van der Waals surface area contributed by atoms with Crippen LogP contribution in [0.5, 0.6) is 5.75 Å². The summed E-state index contributed by atoms with van der Waals surface area (Å²) < 4.78 is 18.8. The van der Waals surface area contributed by atoms with E-state index in [1.165, 1.54) is 0 Å². The minimum absolute atomic E-state index is 0.154. The summed E-state index contributed by atoms with van der Waals surface area (Å²) in [6, 6.07) is 5.79.